The number of nitrogens with one attached hydrogen (secondary N) is 1. The van der Waals surface area contributed by atoms with Crippen LogP contribution in [0.5, 0.6) is 0 Å². The third-order valence-electron chi connectivity index (χ3n) is 4.47. The van der Waals surface area contributed by atoms with Gasteiger partial charge in [0.1, 0.15) is 11.9 Å². The summed E-state index contributed by atoms with van der Waals surface area (Å²) in [6, 6.07) is 7.84. The zero-order chi connectivity index (χ0) is 14.3. The van der Waals surface area contributed by atoms with Crippen molar-refractivity contribution >= 4 is 11.7 Å². The fourth-order valence-electron chi connectivity index (χ4n) is 3.22. The Hall–Kier alpha value is -1.97. The average molecular weight is 272 g/mol. The Balaban J connectivity index is 2.02. The zero-order valence-corrected chi connectivity index (χ0v) is 11.9. The third kappa shape index (κ3) is 2.05. The maximum absolute atomic E-state index is 11.3. The summed E-state index contributed by atoms with van der Waals surface area (Å²) >= 11 is 0. The number of anilines is 1. The first-order valence-electron chi connectivity index (χ1n) is 7.12. The van der Waals surface area contributed by atoms with Crippen LogP contribution >= 0.6 is 0 Å². The van der Waals surface area contributed by atoms with Crippen LogP contribution in [0.1, 0.15) is 25.3 Å². The maximum Gasteiger partial charge on any atom is 0.326 e. The van der Waals surface area contributed by atoms with Crippen molar-refractivity contribution in [1.82, 2.24) is 5.32 Å². The van der Waals surface area contributed by atoms with Gasteiger partial charge in [0.2, 0.25) is 0 Å². The molecule has 4 heteroatoms. The Kier molecular flexibility index (Phi) is 3.16. The van der Waals surface area contributed by atoms with Gasteiger partial charge in [0.25, 0.3) is 0 Å². The Morgan fingerprint density at radius 2 is 2.10 bits per heavy atom. The van der Waals surface area contributed by atoms with E-state index >= 15 is 0 Å². The fourth-order valence-corrected chi connectivity index (χ4v) is 3.22. The molecule has 0 aliphatic carbocycles. The first-order chi connectivity index (χ1) is 9.58. The van der Waals surface area contributed by atoms with Gasteiger partial charge in [-0.25, -0.2) is 4.79 Å². The summed E-state index contributed by atoms with van der Waals surface area (Å²) in [6.45, 7) is 2.20. The quantitative estimate of drug-likeness (QED) is 0.824. The van der Waals surface area contributed by atoms with E-state index in [9.17, 15) is 9.90 Å². The second-order valence-electron chi connectivity index (χ2n) is 5.75. The molecule has 2 N–H and O–H groups in total. The van der Waals surface area contributed by atoms with Crippen molar-refractivity contribution in [3.8, 4) is 0 Å². The highest BCUT2D eigenvalue weighted by molar-refractivity contribution is 5.74. The summed E-state index contributed by atoms with van der Waals surface area (Å²) in [6.07, 6.45) is 2.50. The molecular formula is C16H20N2O2. The van der Waals surface area contributed by atoms with Gasteiger partial charge in [-0.15, -0.1) is 0 Å². The number of nitrogens with zero attached hydrogens (tertiary/aromatic N) is 1. The molecule has 2 unspecified atom stereocenters. The fraction of sp³-hybridized carbons (Fsp3) is 0.438. The minimum Gasteiger partial charge on any atom is -0.480 e. The third-order valence-corrected chi connectivity index (χ3v) is 4.47. The van der Waals surface area contributed by atoms with E-state index in [2.05, 4.69) is 35.3 Å². The van der Waals surface area contributed by atoms with Gasteiger partial charge in [0.15, 0.2) is 0 Å². The summed E-state index contributed by atoms with van der Waals surface area (Å²) in [5, 5.41) is 12.6. The molecule has 0 amide bonds. The molecule has 1 aromatic rings. The molecule has 0 bridgehead atoms. The Labute approximate surface area is 119 Å². The minimum atomic E-state index is -0.766. The number of carboxylic acid groups (broad SMARTS) is 1. The lowest BCUT2D eigenvalue weighted by Crippen LogP contribution is -2.42. The summed E-state index contributed by atoms with van der Waals surface area (Å²) < 4.78 is 0. The van der Waals surface area contributed by atoms with E-state index in [1.165, 1.54) is 11.1 Å². The Morgan fingerprint density at radius 3 is 2.85 bits per heavy atom. The average Bonchev–Trinajstić information content (AvgIpc) is 2.60. The predicted octanol–water partition coefficient (Wildman–Crippen LogP) is 2.36. The molecular weight excluding hydrogens is 252 g/mol. The van der Waals surface area contributed by atoms with Crippen LogP contribution in [0.3, 0.4) is 0 Å². The molecule has 20 heavy (non-hydrogen) atoms. The number of benzene rings is 1. The number of carbonyl (C=O) groups is 1. The van der Waals surface area contributed by atoms with E-state index in [4.69, 9.17) is 0 Å². The van der Waals surface area contributed by atoms with Gasteiger partial charge in [-0.2, -0.15) is 0 Å². The standard InChI is InChI=1S/C16H20N2O2/c1-10-7-8-13(16(19)20)17-15-12(10)9-11-5-3-4-6-14(11)18(15)2/h3-6,10,13,17H,7-9H2,1-2H3,(H,19,20). The number of para-hydroxylation sites is 1. The van der Waals surface area contributed by atoms with Crippen LogP contribution in [-0.4, -0.2) is 24.2 Å². The minimum absolute atomic E-state index is 0.414. The highest BCUT2D eigenvalue weighted by Crippen LogP contribution is 2.37. The molecule has 3 rings (SSSR count). The maximum atomic E-state index is 11.3. The Bertz CT molecular complexity index is 580. The molecule has 0 aromatic heterocycles. The molecule has 2 aliphatic rings. The summed E-state index contributed by atoms with van der Waals surface area (Å²) in [4.78, 5) is 13.4. The molecule has 0 saturated carbocycles. The van der Waals surface area contributed by atoms with Crippen molar-refractivity contribution in [3.63, 3.8) is 0 Å². The largest absolute Gasteiger partial charge is 0.480 e. The van der Waals surface area contributed by atoms with Gasteiger partial charge in [-0.3, -0.25) is 0 Å². The number of hydrogen-bond donors (Lipinski definition) is 2. The van der Waals surface area contributed by atoms with Crippen LogP contribution in [-0.2, 0) is 11.2 Å². The number of fused-ring (bicyclic) bond motifs is 1. The lowest BCUT2D eigenvalue weighted by molar-refractivity contribution is -0.139. The van der Waals surface area contributed by atoms with E-state index in [0.717, 1.165) is 24.4 Å². The van der Waals surface area contributed by atoms with E-state index in [1.807, 2.05) is 13.1 Å². The number of hydrogen-bond acceptors (Lipinski definition) is 3. The van der Waals surface area contributed by atoms with Crippen LogP contribution in [0.2, 0.25) is 0 Å². The van der Waals surface area contributed by atoms with Gasteiger partial charge in [0, 0.05) is 12.7 Å². The van der Waals surface area contributed by atoms with Gasteiger partial charge < -0.3 is 15.3 Å². The second kappa shape index (κ2) is 4.85. The van der Waals surface area contributed by atoms with Crippen LogP contribution in [0.15, 0.2) is 35.7 Å². The highest BCUT2D eigenvalue weighted by Gasteiger charge is 2.32. The molecule has 4 nitrogen and oxygen atoms in total. The molecule has 1 aromatic carbocycles. The zero-order valence-electron chi connectivity index (χ0n) is 11.9. The first kappa shape index (κ1) is 13.0. The molecule has 0 radical (unpaired) electrons. The molecule has 0 spiro atoms. The normalized spacial score (nSPS) is 25.4. The lowest BCUT2D eigenvalue weighted by atomic mass is 9.88. The van der Waals surface area contributed by atoms with E-state index in [-0.39, 0.29) is 0 Å². The topological polar surface area (TPSA) is 52.6 Å². The van der Waals surface area contributed by atoms with E-state index < -0.39 is 12.0 Å². The molecule has 106 valence electrons. The van der Waals surface area contributed by atoms with Crippen molar-refractivity contribution in [2.45, 2.75) is 32.2 Å². The SMILES string of the molecule is CC1CCC(C(=O)O)NC2=C1Cc1ccccc1N2C. The number of allylic oxidation sites excluding steroid dienone is 1. The second-order valence-corrected chi connectivity index (χ2v) is 5.75. The van der Waals surface area contributed by atoms with Crippen molar-refractivity contribution in [2.24, 2.45) is 5.92 Å². The van der Waals surface area contributed by atoms with Crippen LogP contribution in [0, 0.1) is 5.92 Å². The Morgan fingerprint density at radius 1 is 1.35 bits per heavy atom. The monoisotopic (exact) mass is 272 g/mol. The molecule has 2 heterocycles. The van der Waals surface area contributed by atoms with Crippen molar-refractivity contribution < 1.29 is 9.90 Å². The summed E-state index contributed by atoms with van der Waals surface area (Å²) in [5.41, 5.74) is 3.81. The van der Waals surface area contributed by atoms with Crippen LogP contribution in [0.4, 0.5) is 5.69 Å². The number of aliphatic carboxylic acids is 1. The van der Waals surface area contributed by atoms with Crippen molar-refractivity contribution in [3.05, 3.63) is 41.2 Å². The van der Waals surface area contributed by atoms with E-state index in [1.54, 1.807) is 0 Å². The lowest BCUT2D eigenvalue weighted by Gasteiger charge is -2.34. The molecule has 2 aliphatic heterocycles. The van der Waals surface area contributed by atoms with Crippen molar-refractivity contribution in [1.29, 1.82) is 0 Å². The summed E-state index contributed by atoms with van der Waals surface area (Å²) in [7, 11) is 2.01. The molecule has 0 saturated heterocycles. The molecule has 2 atom stereocenters. The van der Waals surface area contributed by atoms with Gasteiger partial charge in [-0.1, -0.05) is 25.1 Å². The predicted molar refractivity (Wildman–Crippen MR) is 78.5 cm³/mol. The first-order valence-corrected chi connectivity index (χ1v) is 7.12. The smallest absolute Gasteiger partial charge is 0.326 e. The molecule has 0 fully saturated rings. The number of carboxylic acids is 1. The van der Waals surface area contributed by atoms with Gasteiger partial charge >= 0.3 is 5.97 Å². The van der Waals surface area contributed by atoms with Crippen LogP contribution < -0.4 is 10.2 Å². The highest BCUT2D eigenvalue weighted by atomic mass is 16.4. The van der Waals surface area contributed by atoms with E-state index in [0.29, 0.717) is 12.3 Å². The van der Waals surface area contributed by atoms with Crippen molar-refractivity contribution in [2.75, 3.05) is 11.9 Å². The van der Waals surface area contributed by atoms with Crippen LogP contribution in [0.25, 0.3) is 0 Å². The van der Waals surface area contributed by atoms with Gasteiger partial charge in [0.05, 0.1) is 0 Å². The summed E-state index contributed by atoms with van der Waals surface area (Å²) in [5.74, 6) is 0.636. The number of rotatable bonds is 1. The van der Waals surface area contributed by atoms with Gasteiger partial charge in [-0.05, 0) is 42.4 Å².